The third kappa shape index (κ3) is 5.13. The van der Waals surface area contributed by atoms with Crippen LogP contribution in [-0.4, -0.2) is 34.1 Å². The zero-order valence-corrected chi connectivity index (χ0v) is 19.0. The minimum Gasteiger partial charge on any atom is -0.491 e. The third-order valence-corrected chi connectivity index (χ3v) is 6.54. The molecule has 2 N–H and O–H groups in total. The molecule has 13 heteroatoms. The number of amides is 1. The summed E-state index contributed by atoms with van der Waals surface area (Å²) in [5.41, 5.74) is -1.01. The molecule has 1 amide bonds. The number of anilines is 1. The van der Waals surface area contributed by atoms with Crippen LogP contribution in [0.4, 0.5) is 23.2 Å². The van der Waals surface area contributed by atoms with Crippen molar-refractivity contribution in [2.45, 2.75) is 11.5 Å². The standard InChI is InChI=1S/C22H15ClF4N2O5S/c23-14-7-11-8-19(20(14)34-22(26)27)35(31,32)29-17-9-13(15(24)10-16(17)25)12-3-1-2-4-18(12)33-6-5-28-21(11)30/h1-4,7-10,22,29H,5-6H2,(H,28,30). The van der Waals surface area contributed by atoms with Gasteiger partial charge in [-0.15, -0.1) is 0 Å². The Morgan fingerprint density at radius 2 is 1.77 bits per heavy atom. The first-order valence-electron chi connectivity index (χ1n) is 9.87. The lowest BCUT2D eigenvalue weighted by Crippen LogP contribution is -2.28. The van der Waals surface area contributed by atoms with E-state index in [9.17, 15) is 30.8 Å². The van der Waals surface area contributed by atoms with Gasteiger partial charge in [0.05, 0.1) is 17.3 Å². The first kappa shape index (κ1) is 24.6. The van der Waals surface area contributed by atoms with Gasteiger partial charge in [0, 0.05) is 22.8 Å². The molecular weight excluding hydrogens is 516 g/mol. The van der Waals surface area contributed by atoms with E-state index < -0.39 is 55.5 Å². The molecule has 0 atom stereocenters. The summed E-state index contributed by atoms with van der Waals surface area (Å²) in [6.07, 6.45) is 0. The molecule has 7 nitrogen and oxygen atoms in total. The molecule has 0 aliphatic carbocycles. The lowest BCUT2D eigenvalue weighted by molar-refractivity contribution is -0.0516. The minimum atomic E-state index is -4.88. The maximum Gasteiger partial charge on any atom is 0.387 e. The Balaban J connectivity index is 1.94. The van der Waals surface area contributed by atoms with Gasteiger partial charge in [0.1, 0.15) is 28.9 Å². The molecule has 184 valence electrons. The molecule has 0 fully saturated rings. The molecule has 0 saturated carbocycles. The first-order valence-corrected chi connectivity index (χ1v) is 11.7. The number of rotatable bonds is 2. The van der Waals surface area contributed by atoms with Crippen LogP contribution in [-0.2, 0) is 10.0 Å². The Labute approximate surface area is 201 Å². The number of carbonyl (C=O) groups excluding carboxylic acids is 1. The Morgan fingerprint density at radius 1 is 1.03 bits per heavy atom. The quantitative estimate of drug-likeness (QED) is 0.464. The first-order chi connectivity index (χ1) is 16.6. The summed E-state index contributed by atoms with van der Waals surface area (Å²) in [7, 11) is -4.88. The summed E-state index contributed by atoms with van der Waals surface area (Å²) in [5.74, 6) is -3.85. The summed E-state index contributed by atoms with van der Waals surface area (Å²) in [6, 6.07) is 9.20. The minimum absolute atomic E-state index is 0.0580. The van der Waals surface area contributed by atoms with Crippen molar-refractivity contribution >= 4 is 33.2 Å². The topological polar surface area (TPSA) is 93.7 Å². The molecule has 4 bridgehead atoms. The summed E-state index contributed by atoms with van der Waals surface area (Å²) >= 11 is 5.96. The second-order valence-electron chi connectivity index (χ2n) is 7.18. The Morgan fingerprint density at radius 3 is 2.51 bits per heavy atom. The Kier molecular flexibility index (Phi) is 6.77. The van der Waals surface area contributed by atoms with Gasteiger partial charge in [-0.1, -0.05) is 29.8 Å². The Hall–Kier alpha value is -3.51. The maximum atomic E-state index is 14.7. The van der Waals surface area contributed by atoms with E-state index in [0.29, 0.717) is 6.07 Å². The van der Waals surface area contributed by atoms with Crippen LogP contribution in [0.25, 0.3) is 11.1 Å². The number of nitrogens with one attached hydrogen (secondary N) is 2. The van der Waals surface area contributed by atoms with Crippen molar-refractivity contribution < 1.29 is 40.2 Å². The molecular formula is C22H15ClF4N2O5S. The lowest BCUT2D eigenvalue weighted by Gasteiger charge is -2.16. The van der Waals surface area contributed by atoms with E-state index in [4.69, 9.17) is 16.3 Å². The van der Waals surface area contributed by atoms with Crippen molar-refractivity contribution in [2.75, 3.05) is 17.9 Å². The van der Waals surface area contributed by atoms with E-state index in [-0.39, 0.29) is 35.6 Å². The number of carbonyl (C=O) groups is 1. The zero-order chi connectivity index (χ0) is 25.3. The van der Waals surface area contributed by atoms with Crippen LogP contribution in [0.3, 0.4) is 0 Å². The molecule has 3 aromatic carbocycles. The van der Waals surface area contributed by atoms with Gasteiger partial charge in [-0.3, -0.25) is 9.52 Å². The van der Waals surface area contributed by atoms with Crippen LogP contribution >= 0.6 is 11.6 Å². The number of hydrogen-bond acceptors (Lipinski definition) is 5. The molecule has 0 aromatic heterocycles. The highest BCUT2D eigenvalue weighted by Crippen LogP contribution is 2.38. The van der Waals surface area contributed by atoms with Crippen LogP contribution in [0.5, 0.6) is 11.5 Å². The normalized spacial score (nSPS) is 15.1. The van der Waals surface area contributed by atoms with Crippen molar-refractivity contribution in [2.24, 2.45) is 0 Å². The van der Waals surface area contributed by atoms with Crippen molar-refractivity contribution in [3.05, 3.63) is 70.8 Å². The van der Waals surface area contributed by atoms with E-state index >= 15 is 0 Å². The van der Waals surface area contributed by atoms with Crippen LogP contribution in [0.2, 0.25) is 5.02 Å². The highest BCUT2D eigenvalue weighted by atomic mass is 35.5. The van der Waals surface area contributed by atoms with Crippen molar-refractivity contribution in [1.82, 2.24) is 5.32 Å². The van der Waals surface area contributed by atoms with Crippen LogP contribution in [0.1, 0.15) is 10.4 Å². The maximum absolute atomic E-state index is 14.7. The lowest BCUT2D eigenvalue weighted by atomic mass is 10.0. The van der Waals surface area contributed by atoms with Gasteiger partial charge in [0.15, 0.2) is 5.75 Å². The average molecular weight is 531 g/mol. The SMILES string of the molecule is O=C1NCCOc2ccccc2-c2cc(c(F)cc2F)NS(=O)(=O)c2cc1cc(Cl)c2OC(F)F. The van der Waals surface area contributed by atoms with Gasteiger partial charge in [-0.2, -0.15) is 8.78 Å². The number of sulfonamides is 1. The molecule has 1 aliphatic heterocycles. The van der Waals surface area contributed by atoms with Gasteiger partial charge in [0.2, 0.25) is 0 Å². The largest absolute Gasteiger partial charge is 0.491 e. The summed E-state index contributed by atoms with van der Waals surface area (Å²) in [5, 5.41) is 1.87. The van der Waals surface area contributed by atoms with E-state index in [1.165, 1.54) is 12.1 Å². The summed E-state index contributed by atoms with van der Waals surface area (Å²) < 4.78 is 93.4. The number of hydrogen-bond donors (Lipinski definition) is 2. The predicted octanol–water partition coefficient (Wildman–Crippen LogP) is 4.81. The fourth-order valence-electron chi connectivity index (χ4n) is 3.38. The van der Waals surface area contributed by atoms with Gasteiger partial charge < -0.3 is 14.8 Å². The second kappa shape index (κ2) is 9.62. The molecule has 0 spiro atoms. The molecule has 0 unspecified atom stereocenters. The fraction of sp³-hybridized carbons (Fsp3) is 0.136. The zero-order valence-electron chi connectivity index (χ0n) is 17.4. The number of benzene rings is 3. The fourth-order valence-corrected chi connectivity index (χ4v) is 4.94. The summed E-state index contributed by atoms with van der Waals surface area (Å²) in [6.45, 7) is -3.59. The van der Waals surface area contributed by atoms with Crippen molar-refractivity contribution in [3.63, 3.8) is 0 Å². The summed E-state index contributed by atoms with van der Waals surface area (Å²) in [4.78, 5) is 11.6. The van der Waals surface area contributed by atoms with E-state index in [1.807, 2.05) is 4.72 Å². The molecule has 0 saturated heterocycles. The number of para-hydroxylation sites is 1. The van der Waals surface area contributed by atoms with Crippen LogP contribution in [0.15, 0.2) is 53.4 Å². The third-order valence-electron chi connectivity index (χ3n) is 4.89. The monoisotopic (exact) mass is 530 g/mol. The molecule has 1 heterocycles. The van der Waals surface area contributed by atoms with Crippen molar-refractivity contribution in [1.29, 1.82) is 0 Å². The van der Waals surface area contributed by atoms with Crippen molar-refractivity contribution in [3.8, 4) is 22.6 Å². The number of alkyl halides is 2. The Bertz CT molecular complexity index is 1420. The molecule has 35 heavy (non-hydrogen) atoms. The molecule has 1 aliphatic rings. The molecule has 0 radical (unpaired) electrons. The molecule has 4 rings (SSSR count). The van der Waals surface area contributed by atoms with Gasteiger partial charge in [-0.05, 0) is 24.3 Å². The molecule has 3 aromatic rings. The smallest absolute Gasteiger partial charge is 0.387 e. The number of fused-ring (bicyclic) bond motifs is 6. The number of ether oxygens (including phenoxy) is 2. The van der Waals surface area contributed by atoms with Gasteiger partial charge >= 0.3 is 6.61 Å². The average Bonchev–Trinajstić information content (AvgIpc) is 2.79. The van der Waals surface area contributed by atoms with E-state index in [2.05, 4.69) is 10.1 Å². The van der Waals surface area contributed by atoms with Gasteiger partial charge in [-0.25, -0.2) is 17.2 Å². The van der Waals surface area contributed by atoms with Crippen LogP contribution < -0.4 is 19.5 Å². The predicted molar refractivity (Wildman–Crippen MR) is 119 cm³/mol. The van der Waals surface area contributed by atoms with E-state index in [1.54, 1.807) is 12.1 Å². The highest BCUT2D eigenvalue weighted by Gasteiger charge is 2.28. The van der Waals surface area contributed by atoms with E-state index in [0.717, 1.165) is 18.2 Å². The second-order valence-corrected chi connectivity index (χ2v) is 9.24. The van der Waals surface area contributed by atoms with Crippen LogP contribution in [0, 0.1) is 11.6 Å². The highest BCUT2D eigenvalue weighted by molar-refractivity contribution is 7.92. The van der Waals surface area contributed by atoms with Gasteiger partial charge in [0.25, 0.3) is 15.9 Å². The number of halogens is 5.